The van der Waals surface area contributed by atoms with Crippen molar-refractivity contribution in [2.45, 2.75) is 65.3 Å². The zero-order valence-electron chi connectivity index (χ0n) is 19.3. The van der Waals surface area contributed by atoms with Gasteiger partial charge in [-0.25, -0.2) is 14.6 Å². The Morgan fingerprint density at radius 3 is 2.32 bits per heavy atom. The number of nitrogens with one attached hydrogen (secondary N) is 1. The van der Waals surface area contributed by atoms with Gasteiger partial charge in [-0.05, 0) is 65.6 Å². The Balaban J connectivity index is 2.36. The van der Waals surface area contributed by atoms with Crippen molar-refractivity contribution in [2.24, 2.45) is 0 Å². The third-order valence-electron chi connectivity index (χ3n) is 5.01. The second-order valence-electron chi connectivity index (χ2n) is 9.26. The van der Waals surface area contributed by atoms with E-state index in [2.05, 4.69) is 15.0 Å². The van der Waals surface area contributed by atoms with Crippen LogP contribution >= 0.6 is 0 Å². The summed E-state index contributed by atoms with van der Waals surface area (Å²) >= 11 is 0. The van der Waals surface area contributed by atoms with E-state index in [0.29, 0.717) is 11.0 Å². The zero-order chi connectivity index (χ0) is 23.6. The summed E-state index contributed by atoms with van der Waals surface area (Å²) in [5, 5.41) is 2.68. The molecule has 1 fully saturated rings. The fraction of sp³-hybridized carbons (Fsp3) is 0.571. The summed E-state index contributed by atoms with van der Waals surface area (Å²) in [6, 6.07) is 1.31. The van der Waals surface area contributed by atoms with Crippen LogP contribution in [0.2, 0.25) is 0 Å². The highest BCUT2D eigenvalue weighted by Crippen LogP contribution is 2.38. The first-order valence-corrected chi connectivity index (χ1v) is 9.92. The van der Waals surface area contributed by atoms with E-state index in [1.54, 1.807) is 26.8 Å². The van der Waals surface area contributed by atoms with E-state index in [0.717, 1.165) is 7.11 Å². The van der Waals surface area contributed by atoms with Crippen LogP contribution in [0, 0.1) is 5.95 Å². The van der Waals surface area contributed by atoms with Gasteiger partial charge in [0.15, 0.2) is 0 Å². The van der Waals surface area contributed by atoms with E-state index in [1.165, 1.54) is 12.3 Å². The lowest BCUT2D eigenvalue weighted by molar-refractivity contribution is 0.00578. The van der Waals surface area contributed by atoms with Gasteiger partial charge in [0, 0.05) is 12.7 Å². The first-order valence-electron chi connectivity index (χ1n) is 9.92. The van der Waals surface area contributed by atoms with Crippen molar-refractivity contribution in [3.8, 4) is 0 Å². The van der Waals surface area contributed by atoms with E-state index in [9.17, 15) is 14.0 Å². The molecule has 1 aliphatic heterocycles. The molecule has 0 spiro atoms. The van der Waals surface area contributed by atoms with Gasteiger partial charge < -0.3 is 24.1 Å². The van der Waals surface area contributed by atoms with Crippen LogP contribution in [0.4, 0.5) is 9.18 Å². The summed E-state index contributed by atoms with van der Waals surface area (Å²) in [6.45, 7) is 12.9. The van der Waals surface area contributed by atoms with Crippen molar-refractivity contribution in [3.05, 3.63) is 34.8 Å². The molecule has 1 N–H and O–H groups in total. The second-order valence-corrected chi connectivity index (χ2v) is 9.26. The molecule has 0 bridgehead atoms. The molecule has 1 aromatic heterocycles. The van der Waals surface area contributed by atoms with Crippen LogP contribution in [0.1, 0.15) is 64.4 Å². The van der Waals surface area contributed by atoms with Gasteiger partial charge in [-0.1, -0.05) is 6.08 Å². The Labute approximate surface area is 182 Å². The number of amides is 1. The van der Waals surface area contributed by atoms with Gasteiger partial charge in [0.25, 0.3) is 0 Å². The molecule has 0 unspecified atom stereocenters. The maximum atomic E-state index is 13.9. The monoisotopic (exact) mass is 436 g/mol. The van der Waals surface area contributed by atoms with E-state index in [-0.39, 0.29) is 12.1 Å². The minimum Gasteiger partial charge on any atom is -0.465 e. The molecule has 0 atom stereocenters. The lowest BCUT2D eigenvalue weighted by atomic mass is 9.77. The molecule has 1 saturated heterocycles. The number of esters is 1. The predicted octanol–water partition coefficient (Wildman–Crippen LogP) is 3.55. The molecular weight excluding hydrogens is 406 g/mol. The van der Waals surface area contributed by atoms with Crippen LogP contribution in [0.15, 0.2) is 17.7 Å². The molecule has 0 radical (unpaired) electrons. The maximum Gasteiger partial charge on any atom is 0.492 e. The second kappa shape index (κ2) is 8.96. The smallest absolute Gasteiger partial charge is 0.465 e. The van der Waals surface area contributed by atoms with E-state index in [4.69, 9.17) is 14.0 Å². The van der Waals surface area contributed by atoms with Crippen LogP contribution in [0.25, 0.3) is 6.08 Å². The van der Waals surface area contributed by atoms with Gasteiger partial charge in [0.2, 0.25) is 5.95 Å². The topological polar surface area (TPSA) is 96.0 Å². The summed E-state index contributed by atoms with van der Waals surface area (Å²) in [7, 11) is 0.372. The quantitative estimate of drug-likeness (QED) is 0.429. The molecule has 1 aliphatic rings. The first kappa shape index (κ1) is 24.8. The standard InChI is InChI=1S/C21H30BFN2O6/c1-19(2,3)29-18(27)25-12-14(22-30-20(4,5)21(6,7)31-22)9-13-10-15(17(26)28-8)16(23)24-11-13/h9-11H,12H2,1-8H3,(H,25,27). The average Bonchev–Trinajstić information content (AvgIpc) is 2.85. The Kier molecular flexibility index (Phi) is 7.17. The number of carbonyl (C=O) groups is 2. The summed E-state index contributed by atoms with van der Waals surface area (Å²) in [4.78, 5) is 27.6. The zero-order valence-corrected chi connectivity index (χ0v) is 19.3. The highest BCUT2D eigenvalue weighted by atomic mass is 19.1. The fourth-order valence-corrected chi connectivity index (χ4v) is 2.70. The van der Waals surface area contributed by atoms with Crippen molar-refractivity contribution in [1.29, 1.82) is 0 Å². The Morgan fingerprint density at radius 1 is 1.23 bits per heavy atom. The number of methoxy groups -OCH3 is 1. The lowest BCUT2D eigenvalue weighted by Gasteiger charge is -2.32. The highest BCUT2D eigenvalue weighted by Gasteiger charge is 2.52. The molecule has 2 rings (SSSR count). The van der Waals surface area contributed by atoms with Crippen LogP contribution in [-0.2, 0) is 18.8 Å². The van der Waals surface area contributed by atoms with Gasteiger partial charge in [0.1, 0.15) is 11.2 Å². The molecule has 8 nitrogen and oxygen atoms in total. The van der Waals surface area contributed by atoms with Gasteiger partial charge >= 0.3 is 19.2 Å². The third kappa shape index (κ3) is 6.27. The SMILES string of the molecule is COC(=O)c1cc(C=C(CNC(=O)OC(C)(C)C)B2OC(C)(C)C(C)(C)O2)cnc1F. The fourth-order valence-electron chi connectivity index (χ4n) is 2.70. The Hall–Kier alpha value is -2.46. The molecule has 0 aromatic carbocycles. The summed E-state index contributed by atoms with van der Waals surface area (Å²) < 4.78 is 36.0. The summed E-state index contributed by atoms with van der Waals surface area (Å²) in [6.07, 6.45) is 2.28. The minimum absolute atomic E-state index is 0.0384. The first-order chi connectivity index (χ1) is 14.1. The number of pyridine rings is 1. The van der Waals surface area contributed by atoms with Crippen LogP contribution in [0.5, 0.6) is 0 Å². The molecule has 0 saturated carbocycles. The molecular formula is C21H30BFN2O6. The van der Waals surface area contributed by atoms with Gasteiger partial charge in [-0.2, -0.15) is 4.39 Å². The van der Waals surface area contributed by atoms with E-state index >= 15 is 0 Å². The van der Waals surface area contributed by atoms with Crippen molar-refractivity contribution < 1.29 is 32.8 Å². The number of halogens is 1. The highest BCUT2D eigenvalue weighted by molar-refractivity contribution is 6.56. The summed E-state index contributed by atoms with van der Waals surface area (Å²) in [5.41, 5.74) is -1.23. The molecule has 170 valence electrons. The normalized spacial score (nSPS) is 18.0. The van der Waals surface area contributed by atoms with Crippen molar-refractivity contribution in [1.82, 2.24) is 10.3 Å². The molecule has 2 heterocycles. The van der Waals surface area contributed by atoms with Gasteiger partial charge in [-0.15, -0.1) is 0 Å². The number of alkyl carbamates (subject to hydrolysis) is 1. The van der Waals surface area contributed by atoms with Gasteiger partial charge in [-0.3, -0.25) is 0 Å². The Morgan fingerprint density at radius 2 is 1.81 bits per heavy atom. The molecule has 1 amide bonds. The number of hydrogen-bond donors (Lipinski definition) is 1. The molecule has 0 aliphatic carbocycles. The number of rotatable bonds is 5. The van der Waals surface area contributed by atoms with Crippen LogP contribution in [-0.4, -0.2) is 54.6 Å². The third-order valence-corrected chi connectivity index (χ3v) is 5.01. The predicted molar refractivity (Wildman–Crippen MR) is 114 cm³/mol. The average molecular weight is 436 g/mol. The van der Waals surface area contributed by atoms with Crippen LogP contribution < -0.4 is 5.32 Å². The number of ether oxygens (including phenoxy) is 2. The van der Waals surface area contributed by atoms with Gasteiger partial charge in [0.05, 0.1) is 18.3 Å². The van der Waals surface area contributed by atoms with E-state index < -0.39 is 41.9 Å². The largest absolute Gasteiger partial charge is 0.492 e. The summed E-state index contributed by atoms with van der Waals surface area (Å²) in [5.74, 6) is -1.78. The lowest BCUT2D eigenvalue weighted by Crippen LogP contribution is -2.41. The minimum atomic E-state index is -0.937. The van der Waals surface area contributed by atoms with E-state index in [1.807, 2.05) is 27.7 Å². The maximum absolute atomic E-state index is 13.9. The molecule has 1 aromatic rings. The van der Waals surface area contributed by atoms with Crippen molar-refractivity contribution in [2.75, 3.05) is 13.7 Å². The van der Waals surface area contributed by atoms with Crippen molar-refractivity contribution in [3.63, 3.8) is 0 Å². The number of carbonyl (C=O) groups excluding carboxylic acids is 2. The number of nitrogens with zero attached hydrogens (tertiary/aromatic N) is 1. The molecule has 10 heteroatoms. The Bertz CT molecular complexity index is 863. The van der Waals surface area contributed by atoms with Crippen molar-refractivity contribution >= 4 is 25.3 Å². The number of aromatic nitrogens is 1. The van der Waals surface area contributed by atoms with Crippen LogP contribution in [0.3, 0.4) is 0 Å². The number of hydrogen-bond acceptors (Lipinski definition) is 7. The molecule has 31 heavy (non-hydrogen) atoms.